The third kappa shape index (κ3) is 3.73. The molecule has 1 heterocycles. The molecule has 4 nitrogen and oxygen atoms in total. The standard InChI is InChI=1S/C16H24N2O2/c1-12(2)14-5-4-6-15(11-14)20-13(3)16(19)18-9-7-17-8-10-18/h4-6,11-13,17H,7-10H2,1-3H3. The highest BCUT2D eigenvalue weighted by Crippen LogP contribution is 2.21. The van der Waals surface area contributed by atoms with E-state index in [1.54, 1.807) is 0 Å². The Morgan fingerprint density at radius 3 is 2.60 bits per heavy atom. The molecular weight excluding hydrogens is 252 g/mol. The summed E-state index contributed by atoms with van der Waals surface area (Å²) >= 11 is 0. The number of nitrogens with zero attached hydrogens (tertiary/aromatic N) is 1. The Balaban J connectivity index is 1.97. The molecule has 0 aliphatic carbocycles. The van der Waals surface area contributed by atoms with Crippen LogP contribution in [-0.4, -0.2) is 43.1 Å². The minimum absolute atomic E-state index is 0.0708. The van der Waals surface area contributed by atoms with Crippen LogP contribution in [0.5, 0.6) is 5.75 Å². The largest absolute Gasteiger partial charge is 0.481 e. The number of nitrogens with one attached hydrogen (secondary N) is 1. The molecule has 1 aromatic rings. The summed E-state index contributed by atoms with van der Waals surface area (Å²) in [6.45, 7) is 9.37. The van der Waals surface area contributed by atoms with Crippen molar-refractivity contribution < 1.29 is 9.53 Å². The van der Waals surface area contributed by atoms with Crippen LogP contribution in [0.1, 0.15) is 32.3 Å². The van der Waals surface area contributed by atoms with Gasteiger partial charge in [0.1, 0.15) is 5.75 Å². The average molecular weight is 276 g/mol. The summed E-state index contributed by atoms with van der Waals surface area (Å²) in [6, 6.07) is 7.99. The summed E-state index contributed by atoms with van der Waals surface area (Å²) < 4.78 is 5.81. The van der Waals surface area contributed by atoms with Gasteiger partial charge in [-0.1, -0.05) is 26.0 Å². The smallest absolute Gasteiger partial charge is 0.263 e. The monoisotopic (exact) mass is 276 g/mol. The number of carbonyl (C=O) groups excluding carboxylic acids is 1. The number of carbonyl (C=O) groups is 1. The van der Waals surface area contributed by atoms with E-state index in [4.69, 9.17) is 4.74 Å². The molecule has 0 saturated carbocycles. The maximum Gasteiger partial charge on any atom is 0.263 e. The highest BCUT2D eigenvalue weighted by atomic mass is 16.5. The van der Waals surface area contributed by atoms with Crippen LogP contribution >= 0.6 is 0 Å². The van der Waals surface area contributed by atoms with Gasteiger partial charge >= 0.3 is 0 Å². The summed E-state index contributed by atoms with van der Waals surface area (Å²) in [5.41, 5.74) is 1.23. The van der Waals surface area contributed by atoms with Crippen LogP contribution in [0, 0.1) is 0 Å². The van der Waals surface area contributed by atoms with E-state index in [0.29, 0.717) is 5.92 Å². The van der Waals surface area contributed by atoms with Gasteiger partial charge in [-0.25, -0.2) is 0 Å². The molecule has 1 unspecified atom stereocenters. The van der Waals surface area contributed by atoms with Crippen molar-refractivity contribution in [2.75, 3.05) is 26.2 Å². The van der Waals surface area contributed by atoms with Crippen LogP contribution in [-0.2, 0) is 4.79 Å². The SMILES string of the molecule is CC(Oc1cccc(C(C)C)c1)C(=O)N1CCNCC1. The Labute approximate surface area is 121 Å². The Hall–Kier alpha value is -1.55. The quantitative estimate of drug-likeness (QED) is 0.914. The lowest BCUT2D eigenvalue weighted by Crippen LogP contribution is -2.50. The Kier molecular flexibility index (Phi) is 5.01. The number of ether oxygens (including phenoxy) is 1. The van der Waals surface area contributed by atoms with E-state index in [1.165, 1.54) is 5.56 Å². The number of benzene rings is 1. The number of amides is 1. The van der Waals surface area contributed by atoms with Gasteiger partial charge in [-0.3, -0.25) is 4.79 Å². The molecule has 1 aliphatic rings. The van der Waals surface area contributed by atoms with Crippen molar-refractivity contribution in [3.63, 3.8) is 0 Å². The summed E-state index contributed by atoms with van der Waals surface area (Å²) in [5, 5.41) is 3.24. The second kappa shape index (κ2) is 6.75. The van der Waals surface area contributed by atoms with Gasteiger partial charge in [0.25, 0.3) is 5.91 Å². The molecule has 0 aromatic heterocycles. The fraction of sp³-hybridized carbons (Fsp3) is 0.562. The molecule has 1 saturated heterocycles. The van der Waals surface area contributed by atoms with E-state index >= 15 is 0 Å². The van der Waals surface area contributed by atoms with Crippen molar-refractivity contribution in [2.24, 2.45) is 0 Å². The maximum absolute atomic E-state index is 12.3. The third-order valence-electron chi connectivity index (χ3n) is 3.61. The second-order valence-corrected chi connectivity index (χ2v) is 5.56. The third-order valence-corrected chi connectivity index (χ3v) is 3.61. The van der Waals surface area contributed by atoms with Crippen molar-refractivity contribution in [3.05, 3.63) is 29.8 Å². The molecule has 1 amide bonds. The zero-order valence-corrected chi connectivity index (χ0v) is 12.6. The Morgan fingerprint density at radius 1 is 1.25 bits per heavy atom. The minimum atomic E-state index is -0.435. The van der Waals surface area contributed by atoms with E-state index in [-0.39, 0.29) is 5.91 Å². The molecule has 110 valence electrons. The van der Waals surface area contributed by atoms with Gasteiger partial charge in [0.2, 0.25) is 0 Å². The zero-order chi connectivity index (χ0) is 14.5. The Morgan fingerprint density at radius 2 is 1.95 bits per heavy atom. The summed E-state index contributed by atoms with van der Waals surface area (Å²) in [5.74, 6) is 1.30. The topological polar surface area (TPSA) is 41.6 Å². The normalized spacial score (nSPS) is 17.1. The average Bonchev–Trinajstić information content (AvgIpc) is 2.47. The fourth-order valence-corrected chi connectivity index (χ4v) is 2.34. The first kappa shape index (κ1) is 14.9. The lowest BCUT2D eigenvalue weighted by Gasteiger charge is -2.29. The Bertz CT molecular complexity index is 454. The first-order valence-corrected chi connectivity index (χ1v) is 7.34. The summed E-state index contributed by atoms with van der Waals surface area (Å²) in [6.07, 6.45) is -0.435. The molecule has 1 N–H and O–H groups in total. The van der Waals surface area contributed by atoms with Crippen molar-refractivity contribution in [1.29, 1.82) is 0 Å². The first-order chi connectivity index (χ1) is 9.58. The molecular formula is C16H24N2O2. The molecule has 2 rings (SSSR count). The molecule has 0 spiro atoms. The van der Waals surface area contributed by atoms with Crippen LogP contribution in [0.25, 0.3) is 0 Å². The van der Waals surface area contributed by atoms with Gasteiger partial charge in [-0.2, -0.15) is 0 Å². The lowest BCUT2D eigenvalue weighted by molar-refractivity contribution is -0.138. The van der Waals surface area contributed by atoms with Crippen LogP contribution < -0.4 is 10.1 Å². The molecule has 20 heavy (non-hydrogen) atoms. The zero-order valence-electron chi connectivity index (χ0n) is 12.6. The van der Waals surface area contributed by atoms with E-state index in [1.807, 2.05) is 30.0 Å². The van der Waals surface area contributed by atoms with Gasteiger partial charge in [0.15, 0.2) is 6.10 Å². The lowest BCUT2D eigenvalue weighted by atomic mass is 10.0. The minimum Gasteiger partial charge on any atom is -0.481 e. The van der Waals surface area contributed by atoms with Gasteiger partial charge in [-0.15, -0.1) is 0 Å². The van der Waals surface area contributed by atoms with Gasteiger partial charge in [0, 0.05) is 26.2 Å². The van der Waals surface area contributed by atoms with E-state index < -0.39 is 6.10 Å². The molecule has 0 radical (unpaired) electrons. The summed E-state index contributed by atoms with van der Waals surface area (Å²) in [7, 11) is 0. The van der Waals surface area contributed by atoms with Crippen LogP contribution in [0.15, 0.2) is 24.3 Å². The molecule has 1 aromatic carbocycles. The first-order valence-electron chi connectivity index (χ1n) is 7.34. The van der Waals surface area contributed by atoms with Crippen LogP contribution in [0.2, 0.25) is 0 Å². The highest BCUT2D eigenvalue weighted by Gasteiger charge is 2.23. The highest BCUT2D eigenvalue weighted by molar-refractivity contribution is 5.81. The van der Waals surface area contributed by atoms with Gasteiger partial charge in [0.05, 0.1) is 0 Å². The molecule has 1 fully saturated rings. The van der Waals surface area contributed by atoms with E-state index in [2.05, 4.69) is 25.2 Å². The molecule has 1 aliphatic heterocycles. The predicted molar refractivity (Wildman–Crippen MR) is 80.1 cm³/mol. The van der Waals surface area contributed by atoms with Crippen molar-refractivity contribution >= 4 is 5.91 Å². The van der Waals surface area contributed by atoms with Gasteiger partial charge < -0.3 is 15.0 Å². The van der Waals surface area contributed by atoms with Crippen molar-refractivity contribution in [3.8, 4) is 5.75 Å². The van der Waals surface area contributed by atoms with Crippen molar-refractivity contribution in [1.82, 2.24) is 10.2 Å². The fourth-order valence-electron chi connectivity index (χ4n) is 2.34. The number of hydrogen-bond donors (Lipinski definition) is 1. The van der Waals surface area contributed by atoms with E-state index in [9.17, 15) is 4.79 Å². The van der Waals surface area contributed by atoms with Crippen LogP contribution in [0.4, 0.5) is 0 Å². The molecule has 0 bridgehead atoms. The van der Waals surface area contributed by atoms with Gasteiger partial charge in [-0.05, 0) is 30.5 Å². The van der Waals surface area contributed by atoms with E-state index in [0.717, 1.165) is 31.9 Å². The summed E-state index contributed by atoms with van der Waals surface area (Å²) in [4.78, 5) is 14.2. The second-order valence-electron chi connectivity index (χ2n) is 5.56. The number of hydrogen-bond acceptors (Lipinski definition) is 3. The predicted octanol–water partition coefficient (Wildman–Crippen LogP) is 2.01. The maximum atomic E-state index is 12.3. The number of rotatable bonds is 4. The van der Waals surface area contributed by atoms with Crippen molar-refractivity contribution in [2.45, 2.75) is 32.8 Å². The van der Waals surface area contributed by atoms with Crippen LogP contribution in [0.3, 0.4) is 0 Å². The molecule has 4 heteroatoms. The molecule has 1 atom stereocenters. The number of piperazine rings is 1.